The minimum Gasteiger partial charge on any atom is -0.507 e. The summed E-state index contributed by atoms with van der Waals surface area (Å²) in [6.07, 6.45) is 1.27. The summed E-state index contributed by atoms with van der Waals surface area (Å²) in [6, 6.07) is 11.7. The fourth-order valence-corrected chi connectivity index (χ4v) is 3.98. The molecular weight excluding hydrogens is 484 g/mol. The summed E-state index contributed by atoms with van der Waals surface area (Å²) in [5.74, 6) is 6.05. The lowest BCUT2D eigenvalue weighted by molar-refractivity contribution is -0.127. The molecule has 1 aromatic heterocycles. The van der Waals surface area contributed by atoms with Crippen molar-refractivity contribution in [2.45, 2.75) is 39.3 Å². The number of hydrogen-bond acceptors (Lipinski definition) is 6. The number of hydrogen-bond donors (Lipinski definition) is 2. The highest BCUT2D eigenvalue weighted by Gasteiger charge is 2.35. The maximum absolute atomic E-state index is 13.0. The van der Waals surface area contributed by atoms with Gasteiger partial charge in [-0.2, -0.15) is 5.10 Å². The van der Waals surface area contributed by atoms with Gasteiger partial charge >= 0.3 is 6.09 Å². The third-order valence-electron chi connectivity index (χ3n) is 5.79. The van der Waals surface area contributed by atoms with Crippen LogP contribution in [-0.2, 0) is 21.3 Å². The van der Waals surface area contributed by atoms with Crippen LogP contribution in [-0.4, -0.2) is 63.2 Å². The number of amides is 2. The Bertz CT molecular complexity index is 1390. The SMILES string of the molecule is Cc1ccc(O)c(-c2nn(C)cc2C#Cc2ccc(NC(=O)C3COCCN3C(=O)OC(C)(C)C)cc2)c1. The molecule has 9 heteroatoms. The van der Waals surface area contributed by atoms with Gasteiger partial charge in [-0.3, -0.25) is 14.4 Å². The van der Waals surface area contributed by atoms with Crippen molar-refractivity contribution in [1.29, 1.82) is 0 Å². The highest BCUT2D eigenvalue weighted by molar-refractivity contribution is 5.96. The van der Waals surface area contributed by atoms with Gasteiger partial charge in [0, 0.05) is 36.6 Å². The predicted octanol–water partition coefficient (Wildman–Crippen LogP) is 4.08. The van der Waals surface area contributed by atoms with Crippen LogP contribution in [0.25, 0.3) is 11.3 Å². The Balaban J connectivity index is 1.47. The van der Waals surface area contributed by atoms with E-state index in [2.05, 4.69) is 22.3 Å². The van der Waals surface area contributed by atoms with Crippen molar-refractivity contribution in [3.05, 3.63) is 65.4 Å². The number of ether oxygens (including phenoxy) is 2. The van der Waals surface area contributed by atoms with Crippen LogP contribution in [0, 0.1) is 18.8 Å². The Kier molecular flexibility index (Phi) is 7.74. The van der Waals surface area contributed by atoms with E-state index in [0.29, 0.717) is 29.1 Å². The zero-order chi connectivity index (χ0) is 27.4. The van der Waals surface area contributed by atoms with Crippen LogP contribution in [0.1, 0.15) is 37.5 Å². The molecule has 1 atom stereocenters. The monoisotopic (exact) mass is 516 g/mol. The minimum atomic E-state index is -0.792. The van der Waals surface area contributed by atoms with E-state index >= 15 is 0 Å². The molecule has 198 valence electrons. The summed E-state index contributed by atoms with van der Waals surface area (Å²) in [7, 11) is 1.81. The highest BCUT2D eigenvalue weighted by atomic mass is 16.6. The van der Waals surface area contributed by atoms with Crippen molar-refractivity contribution in [1.82, 2.24) is 14.7 Å². The third-order valence-corrected chi connectivity index (χ3v) is 5.79. The number of carbonyl (C=O) groups is 2. The lowest BCUT2D eigenvalue weighted by Crippen LogP contribution is -2.55. The second-order valence-corrected chi connectivity index (χ2v) is 10.2. The standard InChI is InChI=1S/C29H32N4O5/c1-19-6-13-25(34)23(16-19)26-21(17-32(5)31-26)10-7-20-8-11-22(12-9-20)30-27(35)24-18-37-15-14-33(24)28(36)38-29(2,3)4/h6,8-9,11-13,16-17,24,34H,14-15,18H2,1-5H3,(H,30,35). The van der Waals surface area contributed by atoms with Gasteiger partial charge in [0.25, 0.3) is 0 Å². The smallest absolute Gasteiger partial charge is 0.411 e. The number of rotatable bonds is 3. The zero-order valence-corrected chi connectivity index (χ0v) is 22.2. The van der Waals surface area contributed by atoms with E-state index in [9.17, 15) is 14.7 Å². The molecule has 1 saturated heterocycles. The first kappa shape index (κ1) is 26.8. The Morgan fingerprint density at radius 1 is 1.16 bits per heavy atom. The normalized spacial score (nSPS) is 15.4. The fourth-order valence-electron chi connectivity index (χ4n) is 3.98. The molecule has 38 heavy (non-hydrogen) atoms. The molecule has 1 fully saturated rings. The third kappa shape index (κ3) is 6.52. The molecule has 1 aliphatic rings. The number of carbonyl (C=O) groups excluding carboxylic acids is 2. The van der Waals surface area contributed by atoms with E-state index in [-0.39, 0.29) is 24.8 Å². The molecule has 9 nitrogen and oxygen atoms in total. The molecule has 1 unspecified atom stereocenters. The number of benzene rings is 2. The summed E-state index contributed by atoms with van der Waals surface area (Å²) >= 11 is 0. The molecule has 4 rings (SSSR count). The molecular formula is C29H32N4O5. The van der Waals surface area contributed by atoms with E-state index in [1.165, 1.54) is 4.90 Å². The van der Waals surface area contributed by atoms with Gasteiger partial charge in [0.15, 0.2) is 0 Å². The minimum absolute atomic E-state index is 0.0958. The van der Waals surface area contributed by atoms with Crippen molar-refractivity contribution in [3.63, 3.8) is 0 Å². The topological polar surface area (TPSA) is 106 Å². The van der Waals surface area contributed by atoms with Crippen LogP contribution < -0.4 is 5.32 Å². The number of aryl methyl sites for hydroxylation is 2. The molecule has 1 aliphatic heterocycles. The maximum Gasteiger partial charge on any atom is 0.411 e. The molecule has 0 radical (unpaired) electrons. The molecule has 2 amide bonds. The van der Waals surface area contributed by atoms with Crippen molar-refractivity contribution in [3.8, 4) is 28.8 Å². The van der Waals surface area contributed by atoms with Gasteiger partial charge in [-0.05, 0) is 64.1 Å². The van der Waals surface area contributed by atoms with Gasteiger partial charge in [0.1, 0.15) is 23.1 Å². The first-order valence-electron chi connectivity index (χ1n) is 12.3. The number of phenols is 1. The van der Waals surface area contributed by atoms with Crippen molar-refractivity contribution >= 4 is 17.7 Å². The van der Waals surface area contributed by atoms with Crippen molar-refractivity contribution in [2.24, 2.45) is 7.05 Å². The van der Waals surface area contributed by atoms with Gasteiger partial charge < -0.3 is 19.9 Å². The number of nitrogens with one attached hydrogen (secondary N) is 1. The summed E-state index contributed by atoms with van der Waals surface area (Å²) in [5.41, 5.74) is 3.57. The number of phenolic OH excluding ortho intramolecular Hbond substituents is 1. The summed E-state index contributed by atoms with van der Waals surface area (Å²) in [5, 5.41) is 17.7. The number of morpholine rings is 1. The van der Waals surface area contributed by atoms with Crippen LogP contribution in [0.3, 0.4) is 0 Å². The van der Waals surface area contributed by atoms with E-state index in [4.69, 9.17) is 9.47 Å². The second-order valence-electron chi connectivity index (χ2n) is 10.2. The van der Waals surface area contributed by atoms with Crippen LogP contribution in [0.2, 0.25) is 0 Å². The first-order chi connectivity index (χ1) is 18.0. The van der Waals surface area contributed by atoms with Gasteiger partial charge in [0.2, 0.25) is 5.91 Å². The van der Waals surface area contributed by atoms with Crippen LogP contribution in [0.4, 0.5) is 10.5 Å². The van der Waals surface area contributed by atoms with Crippen LogP contribution >= 0.6 is 0 Å². The van der Waals surface area contributed by atoms with Gasteiger partial charge in [-0.15, -0.1) is 0 Å². The molecule has 2 heterocycles. The Morgan fingerprint density at radius 2 is 1.89 bits per heavy atom. The van der Waals surface area contributed by atoms with Crippen LogP contribution in [0.15, 0.2) is 48.7 Å². The Hall–Kier alpha value is -4.29. The molecule has 2 aromatic carbocycles. The van der Waals surface area contributed by atoms with Crippen LogP contribution in [0.5, 0.6) is 5.75 Å². The molecule has 0 bridgehead atoms. The molecule has 0 spiro atoms. The quantitative estimate of drug-likeness (QED) is 0.509. The molecule has 0 saturated carbocycles. The van der Waals surface area contributed by atoms with Crippen molar-refractivity contribution < 1.29 is 24.2 Å². The maximum atomic E-state index is 13.0. The average Bonchev–Trinajstić information content (AvgIpc) is 3.24. The van der Waals surface area contributed by atoms with E-state index in [0.717, 1.165) is 11.1 Å². The number of nitrogens with zero attached hydrogens (tertiary/aromatic N) is 3. The molecule has 0 aliphatic carbocycles. The lowest BCUT2D eigenvalue weighted by Gasteiger charge is -2.35. The summed E-state index contributed by atoms with van der Waals surface area (Å²) in [6.45, 7) is 8.02. The predicted molar refractivity (Wildman–Crippen MR) is 144 cm³/mol. The van der Waals surface area contributed by atoms with Gasteiger partial charge in [-0.1, -0.05) is 23.5 Å². The van der Waals surface area contributed by atoms with Gasteiger partial charge in [-0.25, -0.2) is 4.79 Å². The van der Waals surface area contributed by atoms with Crippen molar-refractivity contribution in [2.75, 3.05) is 25.1 Å². The summed E-state index contributed by atoms with van der Waals surface area (Å²) < 4.78 is 12.6. The number of aromatic nitrogens is 2. The highest BCUT2D eigenvalue weighted by Crippen LogP contribution is 2.31. The summed E-state index contributed by atoms with van der Waals surface area (Å²) in [4.78, 5) is 27.0. The first-order valence-corrected chi connectivity index (χ1v) is 12.3. The fraction of sp³-hybridized carbons (Fsp3) is 0.345. The lowest BCUT2D eigenvalue weighted by atomic mass is 10.0. The molecule has 3 aromatic rings. The van der Waals surface area contributed by atoms with E-state index < -0.39 is 17.7 Å². The zero-order valence-electron chi connectivity index (χ0n) is 22.2. The molecule has 2 N–H and O–H groups in total. The number of anilines is 1. The van der Waals surface area contributed by atoms with Gasteiger partial charge in [0.05, 0.1) is 18.8 Å². The largest absolute Gasteiger partial charge is 0.507 e. The number of aromatic hydroxyl groups is 1. The second kappa shape index (κ2) is 11.0. The Morgan fingerprint density at radius 3 is 2.61 bits per heavy atom. The van der Waals surface area contributed by atoms with E-state index in [1.807, 2.05) is 19.1 Å². The Labute approximate surface area is 222 Å². The van der Waals surface area contributed by atoms with E-state index in [1.54, 1.807) is 69.0 Å². The average molecular weight is 517 g/mol.